The van der Waals surface area contributed by atoms with E-state index in [4.69, 9.17) is 4.74 Å². The van der Waals surface area contributed by atoms with E-state index in [1.54, 1.807) is 6.07 Å². The average molecular weight is 269 g/mol. The van der Waals surface area contributed by atoms with Gasteiger partial charge in [-0.3, -0.25) is 0 Å². The number of hydrogen-bond donors (Lipinski definition) is 1. The van der Waals surface area contributed by atoms with E-state index < -0.39 is 5.97 Å². The van der Waals surface area contributed by atoms with Crippen molar-refractivity contribution in [3.8, 4) is 5.75 Å². The fourth-order valence-electron chi connectivity index (χ4n) is 2.75. The number of hydrogen-bond acceptors (Lipinski definition) is 2. The molecule has 102 valence electrons. The number of carbonyl (C=O) groups is 1. The zero-order valence-corrected chi connectivity index (χ0v) is 11.4. The lowest BCUT2D eigenvalue weighted by Gasteiger charge is -2.07. The molecule has 0 unspecified atom stereocenters. The Morgan fingerprint density at radius 1 is 1.20 bits per heavy atom. The zero-order chi connectivity index (χ0) is 14.3. The second-order valence-corrected chi connectivity index (χ2v) is 4.64. The van der Waals surface area contributed by atoms with Crippen LogP contribution in [0, 0.1) is 0 Å². The highest BCUT2D eigenvalue weighted by molar-refractivity contribution is 6.10. The summed E-state index contributed by atoms with van der Waals surface area (Å²) in [7, 11) is 1.49. The SMILES string of the molecule is CCn1c2ccccc2c2cc(OC)c(C(=O)O)cc21. The maximum atomic E-state index is 11.3. The number of aromatic nitrogens is 1. The molecule has 0 bridgehead atoms. The monoisotopic (exact) mass is 269 g/mol. The van der Waals surface area contributed by atoms with Crippen molar-refractivity contribution in [2.24, 2.45) is 0 Å². The summed E-state index contributed by atoms with van der Waals surface area (Å²) < 4.78 is 7.34. The van der Waals surface area contributed by atoms with Crippen molar-refractivity contribution >= 4 is 27.8 Å². The van der Waals surface area contributed by atoms with Crippen molar-refractivity contribution in [2.75, 3.05) is 7.11 Å². The van der Waals surface area contributed by atoms with E-state index in [2.05, 4.69) is 11.5 Å². The van der Waals surface area contributed by atoms with Gasteiger partial charge in [-0.2, -0.15) is 0 Å². The Morgan fingerprint density at radius 2 is 1.95 bits per heavy atom. The van der Waals surface area contributed by atoms with Crippen molar-refractivity contribution in [2.45, 2.75) is 13.5 Å². The van der Waals surface area contributed by atoms with Gasteiger partial charge in [-0.25, -0.2) is 4.79 Å². The van der Waals surface area contributed by atoms with Gasteiger partial charge in [0.1, 0.15) is 11.3 Å². The molecule has 0 spiro atoms. The number of nitrogens with zero attached hydrogens (tertiary/aromatic N) is 1. The van der Waals surface area contributed by atoms with Gasteiger partial charge in [0.05, 0.1) is 12.6 Å². The smallest absolute Gasteiger partial charge is 0.339 e. The summed E-state index contributed by atoms with van der Waals surface area (Å²) in [6.07, 6.45) is 0. The molecule has 0 saturated carbocycles. The summed E-state index contributed by atoms with van der Waals surface area (Å²) >= 11 is 0. The molecule has 0 saturated heterocycles. The third kappa shape index (κ3) is 1.65. The Bertz CT molecular complexity index is 817. The second kappa shape index (κ2) is 4.56. The minimum atomic E-state index is -0.975. The van der Waals surface area contributed by atoms with Gasteiger partial charge in [0, 0.05) is 22.8 Å². The number of aromatic carboxylic acids is 1. The van der Waals surface area contributed by atoms with Crippen LogP contribution in [-0.2, 0) is 6.54 Å². The molecule has 20 heavy (non-hydrogen) atoms. The molecule has 0 radical (unpaired) electrons. The lowest BCUT2D eigenvalue weighted by molar-refractivity contribution is 0.0693. The van der Waals surface area contributed by atoms with Gasteiger partial charge < -0.3 is 14.4 Å². The molecule has 0 atom stereocenters. The summed E-state index contributed by atoms with van der Waals surface area (Å²) in [5.41, 5.74) is 2.22. The number of methoxy groups -OCH3 is 1. The van der Waals surface area contributed by atoms with Crippen molar-refractivity contribution in [3.05, 3.63) is 42.0 Å². The maximum absolute atomic E-state index is 11.3. The van der Waals surface area contributed by atoms with Crippen LogP contribution in [0.25, 0.3) is 21.8 Å². The molecular formula is C16H15NO3. The van der Waals surface area contributed by atoms with Gasteiger partial charge in [0.2, 0.25) is 0 Å². The Kier molecular flexibility index (Phi) is 2.86. The number of carboxylic acid groups (broad SMARTS) is 1. The van der Waals surface area contributed by atoms with Crippen LogP contribution in [0.1, 0.15) is 17.3 Å². The first-order chi connectivity index (χ1) is 9.67. The van der Waals surface area contributed by atoms with E-state index in [0.29, 0.717) is 5.75 Å². The lowest BCUT2D eigenvalue weighted by Crippen LogP contribution is -2.01. The summed E-state index contributed by atoms with van der Waals surface area (Å²) in [5.74, 6) is -0.583. The Labute approximate surface area is 116 Å². The molecular weight excluding hydrogens is 254 g/mol. The first-order valence-electron chi connectivity index (χ1n) is 6.49. The standard InChI is InChI=1S/C16H15NO3/c1-3-17-13-7-5-4-6-10(13)11-9-15(20-2)12(16(18)19)8-14(11)17/h4-9H,3H2,1-2H3,(H,18,19). The lowest BCUT2D eigenvalue weighted by atomic mass is 10.1. The van der Waals surface area contributed by atoms with Crippen LogP contribution in [0.15, 0.2) is 36.4 Å². The third-order valence-corrected chi connectivity index (χ3v) is 3.64. The summed E-state index contributed by atoms with van der Waals surface area (Å²) in [5, 5.41) is 11.4. The van der Waals surface area contributed by atoms with E-state index in [1.807, 2.05) is 30.3 Å². The molecule has 1 N–H and O–H groups in total. The number of ether oxygens (including phenoxy) is 1. The molecule has 3 aromatic rings. The molecule has 1 heterocycles. The Morgan fingerprint density at radius 3 is 2.60 bits per heavy atom. The second-order valence-electron chi connectivity index (χ2n) is 4.64. The first-order valence-corrected chi connectivity index (χ1v) is 6.49. The molecule has 0 aliphatic heterocycles. The van der Waals surface area contributed by atoms with Gasteiger partial charge in [-0.1, -0.05) is 18.2 Å². The van der Waals surface area contributed by atoms with Crippen molar-refractivity contribution in [3.63, 3.8) is 0 Å². The van der Waals surface area contributed by atoms with Gasteiger partial charge in [0.25, 0.3) is 0 Å². The average Bonchev–Trinajstić information content (AvgIpc) is 2.78. The molecule has 0 amide bonds. The molecule has 1 aromatic heterocycles. The van der Waals surface area contributed by atoms with Crippen molar-refractivity contribution < 1.29 is 14.6 Å². The topological polar surface area (TPSA) is 51.5 Å². The predicted molar refractivity (Wildman–Crippen MR) is 78.6 cm³/mol. The van der Waals surface area contributed by atoms with Crippen LogP contribution < -0.4 is 4.74 Å². The number of aryl methyl sites for hydroxylation is 1. The minimum Gasteiger partial charge on any atom is -0.496 e. The van der Waals surface area contributed by atoms with Crippen LogP contribution in [0.3, 0.4) is 0 Å². The quantitative estimate of drug-likeness (QED) is 0.791. The third-order valence-electron chi connectivity index (χ3n) is 3.64. The van der Waals surface area contributed by atoms with E-state index in [-0.39, 0.29) is 5.56 Å². The van der Waals surface area contributed by atoms with Crippen molar-refractivity contribution in [1.82, 2.24) is 4.57 Å². The molecule has 0 aliphatic carbocycles. The highest BCUT2D eigenvalue weighted by atomic mass is 16.5. The fourth-order valence-corrected chi connectivity index (χ4v) is 2.75. The Balaban J connectivity index is 2.50. The van der Waals surface area contributed by atoms with Gasteiger partial charge in [0.15, 0.2) is 0 Å². The molecule has 4 nitrogen and oxygen atoms in total. The van der Waals surface area contributed by atoms with Gasteiger partial charge in [-0.05, 0) is 25.1 Å². The predicted octanol–water partition coefficient (Wildman–Crippen LogP) is 3.52. The van der Waals surface area contributed by atoms with Crippen LogP contribution in [0.2, 0.25) is 0 Å². The van der Waals surface area contributed by atoms with Gasteiger partial charge >= 0.3 is 5.97 Å². The number of rotatable bonds is 3. The number of benzene rings is 2. The van der Waals surface area contributed by atoms with Crippen LogP contribution in [-0.4, -0.2) is 22.8 Å². The highest BCUT2D eigenvalue weighted by Crippen LogP contribution is 2.33. The summed E-state index contributed by atoms with van der Waals surface area (Å²) in [6.45, 7) is 2.84. The van der Waals surface area contributed by atoms with E-state index in [9.17, 15) is 9.90 Å². The number of carboxylic acids is 1. The zero-order valence-electron chi connectivity index (χ0n) is 11.4. The number of fused-ring (bicyclic) bond motifs is 3. The van der Waals surface area contributed by atoms with Crippen LogP contribution in [0.4, 0.5) is 0 Å². The van der Waals surface area contributed by atoms with E-state index in [0.717, 1.165) is 28.4 Å². The minimum absolute atomic E-state index is 0.192. The Hall–Kier alpha value is -2.49. The number of para-hydroxylation sites is 1. The normalized spacial score (nSPS) is 11.1. The summed E-state index contributed by atoms with van der Waals surface area (Å²) in [4.78, 5) is 11.3. The van der Waals surface area contributed by atoms with E-state index in [1.165, 1.54) is 7.11 Å². The van der Waals surface area contributed by atoms with Gasteiger partial charge in [-0.15, -0.1) is 0 Å². The molecule has 0 aliphatic rings. The van der Waals surface area contributed by atoms with Crippen molar-refractivity contribution in [1.29, 1.82) is 0 Å². The highest BCUT2D eigenvalue weighted by Gasteiger charge is 2.17. The molecule has 2 aromatic carbocycles. The van der Waals surface area contributed by atoms with Crippen LogP contribution in [0.5, 0.6) is 5.75 Å². The summed E-state index contributed by atoms with van der Waals surface area (Å²) in [6, 6.07) is 11.6. The van der Waals surface area contributed by atoms with E-state index >= 15 is 0 Å². The fraction of sp³-hybridized carbons (Fsp3) is 0.188. The first kappa shape index (κ1) is 12.5. The molecule has 0 fully saturated rings. The largest absolute Gasteiger partial charge is 0.496 e. The molecule has 4 heteroatoms. The maximum Gasteiger partial charge on any atom is 0.339 e. The van der Waals surface area contributed by atoms with Crippen LogP contribution >= 0.6 is 0 Å². The molecule has 3 rings (SSSR count).